The number of carbonyl (C=O) groups is 1. The summed E-state index contributed by atoms with van der Waals surface area (Å²) in [7, 11) is 0. The van der Waals surface area contributed by atoms with E-state index in [1.54, 1.807) is 0 Å². The minimum Gasteiger partial charge on any atom is -0.481 e. The number of rotatable bonds is 3. The summed E-state index contributed by atoms with van der Waals surface area (Å²) >= 11 is 0. The molecule has 0 saturated carbocycles. The topological polar surface area (TPSA) is 76.4 Å². The van der Waals surface area contributed by atoms with E-state index in [0.29, 0.717) is 0 Å². The fraction of sp³-hybridized carbons (Fsp3) is 0.400. The Labute approximate surface area is 55.2 Å². The molecule has 0 radical (unpaired) electrons. The van der Waals surface area contributed by atoms with E-state index in [1.165, 1.54) is 0 Å². The van der Waals surface area contributed by atoms with E-state index in [2.05, 4.69) is 0 Å². The van der Waals surface area contributed by atoms with Crippen LogP contribution >= 0.6 is 0 Å². The summed E-state index contributed by atoms with van der Waals surface area (Å²) in [4.78, 5) is 30.3. The van der Waals surface area contributed by atoms with Gasteiger partial charge in [-0.05, 0) is 0 Å². The molecule has 54 valence electrons. The molecule has 1 heterocycles. The predicted molar refractivity (Wildman–Crippen MR) is 31.6 cm³/mol. The third-order valence-corrected chi connectivity index (χ3v) is 1.17. The van der Waals surface area contributed by atoms with Crippen LogP contribution in [-0.4, -0.2) is 15.6 Å². The van der Waals surface area contributed by atoms with Gasteiger partial charge in [0.25, 0.3) is 0 Å². The van der Waals surface area contributed by atoms with Gasteiger partial charge >= 0.3 is 17.1 Å². The molecule has 0 aromatic carbocycles. The smallest absolute Gasteiger partial charge is 0.319 e. The number of hydrogen-bond acceptors (Lipinski definition) is 3. The highest BCUT2D eigenvalue weighted by Gasteiger charge is 2.15. The molecular formula is C5H5NO4. The maximum atomic E-state index is 10.2. The van der Waals surface area contributed by atoms with Crippen molar-refractivity contribution >= 4 is 5.97 Å². The Bertz CT molecular complexity index is 292. The van der Waals surface area contributed by atoms with Crippen LogP contribution < -0.4 is 11.1 Å². The molecule has 1 N–H and O–H groups in total. The standard InChI is InChI=1S/C5H5NO4/c7-3(8)1-2-6-4(9)5(6)10/h1-2H2,(H,7,8). The number of nitrogens with zero attached hydrogens (tertiary/aromatic N) is 1. The first kappa shape index (κ1) is 6.73. The quantitative estimate of drug-likeness (QED) is 0.525. The highest BCUT2D eigenvalue weighted by Crippen LogP contribution is 1.82. The molecule has 0 amide bonds. The van der Waals surface area contributed by atoms with Gasteiger partial charge in [0, 0.05) is 6.54 Å². The van der Waals surface area contributed by atoms with Crippen LogP contribution in [0.3, 0.4) is 0 Å². The fourth-order valence-corrected chi connectivity index (χ4v) is 0.575. The average Bonchev–Trinajstić information content (AvgIpc) is 2.38. The summed E-state index contributed by atoms with van der Waals surface area (Å²) < 4.78 is 0.897. The lowest BCUT2D eigenvalue weighted by atomic mass is 10.4. The van der Waals surface area contributed by atoms with Crippen molar-refractivity contribution in [1.29, 1.82) is 0 Å². The molecule has 0 bridgehead atoms. The van der Waals surface area contributed by atoms with E-state index in [9.17, 15) is 14.4 Å². The Morgan fingerprint density at radius 3 is 2.20 bits per heavy atom. The second kappa shape index (κ2) is 2.09. The second-order valence-corrected chi connectivity index (χ2v) is 1.91. The van der Waals surface area contributed by atoms with Gasteiger partial charge in [-0.1, -0.05) is 0 Å². The summed E-state index contributed by atoms with van der Waals surface area (Å²) in [6.45, 7) is 0.00694. The highest BCUT2D eigenvalue weighted by molar-refractivity contribution is 5.66. The summed E-state index contributed by atoms with van der Waals surface area (Å²) in [6, 6.07) is 0. The van der Waals surface area contributed by atoms with Crippen molar-refractivity contribution < 1.29 is 9.90 Å². The van der Waals surface area contributed by atoms with Gasteiger partial charge in [-0.25, -0.2) is 0 Å². The molecule has 0 unspecified atom stereocenters. The Hall–Kier alpha value is -1.39. The lowest BCUT2D eigenvalue weighted by molar-refractivity contribution is -0.137. The second-order valence-electron chi connectivity index (χ2n) is 1.91. The van der Waals surface area contributed by atoms with Crippen LogP contribution in [-0.2, 0) is 11.3 Å². The molecule has 5 nitrogen and oxygen atoms in total. The Morgan fingerprint density at radius 2 is 1.90 bits per heavy atom. The molecule has 0 atom stereocenters. The molecular weight excluding hydrogens is 138 g/mol. The van der Waals surface area contributed by atoms with Gasteiger partial charge in [0.15, 0.2) is 0 Å². The summed E-state index contributed by atoms with van der Waals surface area (Å²) in [5, 5.41) is 8.11. The fourth-order valence-electron chi connectivity index (χ4n) is 0.575. The van der Waals surface area contributed by atoms with Gasteiger partial charge in [-0.15, -0.1) is 0 Å². The Morgan fingerprint density at radius 1 is 1.40 bits per heavy atom. The molecule has 0 aliphatic carbocycles. The first-order valence-electron chi connectivity index (χ1n) is 2.70. The van der Waals surface area contributed by atoms with Gasteiger partial charge in [0.05, 0.1) is 6.42 Å². The largest absolute Gasteiger partial charge is 0.481 e. The maximum Gasteiger partial charge on any atom is 0.319 e. The van der Waals surface area contributed by atoms with E-state index < -0.39 is 17.1 Å². The predicted octanol–water partition coefficient (Wildman–Crippen LogP) is -1.44. The van der Waals surface area contributed by atoms with Crippen LogP contribution in [0.25, 0.3) is 0 Å². The van der Waals surface area contributed by atoms with E-state index in [-0.39, 0.29) is 13.0 Å². The summed E-state index contributed by atoms with van der Waals surface area (Å²) in [5.41, 5.74) is -1.16. The highest BCUT2D eigenvalue weighted by atomic mass is 16.4. The lowest BCUT2D eigenvalue weighted by Gasteiger charge is -1.85. The molecule has 1 rings (SSSR count). The van der Waals surface area contributed by atoms with Gasteiger partial charge in [0.1, 0.15) is 0 Å². The van der Waals surface area contributed by atoms with Gasteiger partial charge in [0.2, 0.25) is 0 Å². The first-order valence-corrected chi connectivity index (χ1v) is 2.70. The van der Waals surface area contributed by atoms with Crippen molar-refractivity contribution in [3.8, 4) is 0 Å². The van der Waals surface area contributed by atoms with Crippen molar-refractivity contribution in [2.75, 3.05) is 0 Å². The van der Waals surface area contributed by atoms with Crippen LogP contribution in [0, 0.1) is 0 Å². The number of aliphatic carboxylic acids is 1. The van der Waals surface area contributed by atoms with Crippen molar-refractivity contribution in [2.24, 2.45) is 0 Å². The minimum atomic E-state index is -1.01. The van der Waals surface area contributed by atoms with Crippen LogP contribution in [0.2, 0.25) is 0 Å². The van der Waals surface area contributed by atoms with Gasteiger partial charge < -0.3 is 5.11 Å². The molecule has 0 aliphatic rings. The summed E-state index contributed by atoms with van der Waals surface area (Å²) in [6.07, 6.45) is -0.169. The van der Waals surface area contributed by atoms with Gasteiger partial charge in [-0.3, -0.25) is 19.0 Å². The van der Waals surface area contributed by atoms with E-state index >= 15 is 0 Å². The van der Waals surface area contributed by atoms with Crippen LogP contribution in [0.4, 0.5) is 0 Å². The van der Waals surface area contributed by atoms with Crippen molar-refractivity contribution in [3.63, 3.8) is 0 Å². The van der Waals surface area contributed by atoms with Crippen LogP contribution in [0.5, 0.6) is 0 Å². The van der Waals surface area contributed by atoms with Gasteiger partial charge in [-0.2, -0.15) is 0 Å². The Kier molecular flexibility index (Phi) is 1.41. The molecule has 5 heteroatoms. The minimum absolute atomic E-state index is 0.00694. The number of hydrogen-bond donors (Lipinski definition) is 1. The van der Waals surface area contributed by atoms with E-state index in [1.807, 2.05) is 0 Å². The maximum absolute atomic E-state index is 10.2. The van der Waals surface area contributed by atoms with Crippen LogP contribution in [0.15, 0.2) is 9.59 Å². The van der Waals surface area contributed by atoms with Crippen molar-refractivity contribution in [2.45, 2.75) is 13.0 Å². The lowest BCUT2D eigenvalue weighted by Crippen LogP contribution is -2.03. The first-order chi connectivity index (χ1) is 4.63. The van der Waals surface area contributed by atoms with Crippen LogP contribution in [0.1, 0.15) is 6.42 Å². The SMILES string of the molecule is O=C(O)CCn1c(=O)c1=O. The Balaban J connectivity index is 2.44. The van der Waals surface area contributed by atoms with Crippen molar-refractivity contribution in [1.82, 2.24) is 4.57 Å². The zero-order chi connectivity index (χ0) is 7.72. The zero-order valence-corrected chi connectivity index (χ0v) is 5.03. The zero-order valence-electron chi connectivity index (χ0n) is 5.03. The third kappa shape index (κ3) is 1.12. The molecule has 0 aliphatic heterocycles. The molecule has 0 saturated heterocycles. The van der Waals surface area contributed by atoms with E-state index in [4.69, 9.17) is 5.11 Å². The number of aromatic nitrogens is 1. The molecule has 1 aromatic rings. The molecule has 1 aromatic heterocycles. The number of carboxylic acids is 1. The molecule has 0 spiro atoms. The molecule has 10 heavy (non-hydrogen) atoms. The average molecular weight is 143 g/mol. The normalized spacial score (nSPS) is 10.4. The van der Waals surface area contributed by atoms with E-state index in [0.717, 1.165) is 4.57 Å². The number of carboxylic acid groups (broad SMARTS) is 1. The third-order valence-electron chi connectivity index (χ3n) is 1.17. The summed E-state index contributed by atoms with van der Waals surface area (Å²) in [5.74, 6) is -1.01. The molecule has 0 fully saturated rings. The van der Waals surface area contributed by atoms with Crippen molar-refractivity contribution in [3.05, 3.63) is 20.7 Å². The monoisotopic (exact) mass is 143 g/mol.